The highest BCUT2D eigenvalue weighted by Gasteiger charge is 2.51. The number of hydrogen-bond donors (Lipinski definition) is 5. The second kappa shape index (κ2) is 5.49. The molecule has 24 heavy (non-hydrogen) atoms. The van der Waals surface area contributed by atoms with Crippen molar-refractivity contribution in [3.8, 4) is 0 Å². The SMILES string of the molecule is NC(=O)c1cn([C@]2(CO)OC[C@H](O)[C@@H]2O)c2ncnc(N)c2c1=O. The van der Waals surface area contributed by atoms with E-state index in [0.29, 0.717) is 0 Å². The van der Waals surface area contributed by atoms with Crippen LogP contribution in [0.25, 0.3) is 11.0 Å². The van der Waals surface area contributed by atoms with Gasteiger partial charge in [0, 0.05) is 6.20 Å². The van der Waals surface area contributed by atoms with Crippen molar-refractivity contribution in [2.75, 3.05) is 18.9 Å². The number of hydrogen-bond acceptors (Lipinski definition) is 9. The number of carbonyl (C=O) groups is 1. The Balaban J connectivity index is 2.44. The third-order valence-corrected chi connectivity index (χ3v) is 4.05. The van der Waals surface area contributed by atoms with Gasteiger partial charge in [0.15, 0.2) is 11.4 Å². The molecule has 1 saturated heterocycles. The maximum absolute atomic E-state index is 12.4. The van der Waals surface area contributed by atoms with E-state index in [4.69, 9.17) is 16.2 Å². The number of aliphatic hydroxyl groups is 3. The molecule has 11 heteroatoms. The molecule has 0 spiro atoms. The number of carbonyl (C=O) groups excluding carboxylic acids is 1. The summed E-state index contributed by atoms with van der Waals surface area (Å²) in [6.07, 6.45) is -0.759. The first-order valence-corrected chi connectivity index (χ1v) is 6.90. The molecule has 0 bridgehead atoms. The van der Waals surface area contributed by atoms with Crippen molar-refractivity contribution in [2.45, 2.75) is 17.9 Å². The van der Waals surface area contributed by atoms with Gasteiger partial charge in [-0.2, -0.15) is 0 Å². The third-order valence-electron chi connectivity index (χ3n) is 4.05. The standard InChI is InChI=1S/C13H15N5O6/c14-10-7-8(21)5(11(15)23)1-18(12(7)17-4-16-10)13(3-19)9(22)6(20)2-24-13/h1,4,6,9,19-20,22H,2-3H2,(H2,15,23)(H2,14,16,17)/t6-,9-,13+/m0/s1. The quantitative estimate of drug-likeness (QED) is 0.386. The molecule has 1 amide bonds. The summed E-state index contributed by atoms with van der Waals surface area (Å²) in [7, 11) is 0. The lowest BCUT2D eigenvalue weighted by Gasteiger charge is -2.33. The zero-order valence-electron chi connectivity index (χ0n) is 12.3. The molecule has 0 aliphatic carbocycles. The number of pyridine rings is 1. The lowest BCUT2D eigenvalue weighted by atomic mass is 10.0. The minimum Gasteiger partial charge on any atom is -0.391 e. The van der Waals surface area contributed by atoms with E-state index in [9.17, 15) is 24.9 Å². The van der Waals surface area contributed by atoms with Crippen molar-refractivity contribution in [3.05, 3.63) is 28.3 Å². The van der Waals surface area contributed by atoms with E-state index in [1.165, 1.54) is 0 Å². The van der Waals surface area contributed by atoms with Crippen LogP contribution in [0.5, 0.6) is 0 Å². The average molecular weight is 337 g/mol. The first-order chi connectivity index (χ1) is 11.3. The molecule has 7 N–H and O–H groups in total. The number of aliphatic hydroxyl groups excluding tert-OH is 3. The van der Waals surface area contributed by atoms with E-state index in [-0.39, 0.29) is 23.5 Å². The topological polar surface area (TPSA) is 187 Å². The summed E-state index contributed by atoms with van der Waals surface area (Å²) in [6, 6.07) is 0. The zero-order chi connectivity index (χ0) is 17.6. The summed E-state index contributed by atoms with van der Waals surface area (Å²) in [5.74, 6) is -1.25. The molecule has 1 fully saturated rings. The molecule has 0 unspecified atom stereocenters. The molecule has 3 heterocycles. The van der Waals surface area contributed by atoms with Crippen molar-refractivity contribution in [1.29, 1.82) is 0 Å². The Bertz CT molecular complexity index is 883. The highest BCUT2D eigenvalue weighted by Crippen LogP contribution is 2.33. The monoisotopic (exact) mass is 337 g/mol. The second-order valence-corrected chi connectivity index (χ2v) is 5.39. The van der Waals surface area contributed by atoms with Gasteiger partial charge in [-0.15, -0.1) is 0 Å². The van der Waals surface area contributed by atoms with Crippen molar-refractivity contribution in [3.63, 3.8) is 0 Å². The smallest absolute Gasteiger partial charge is 0.254 e. The number of amides is 1. The molecule has 3 rings (SSSR count). The molecule has 2 aromatic rings. The number of rotatable bonds is 3. The van der Waals surface area contributed by atoms with Crippen LogP contribution in [0, 0.1) is 0 Å². The summed E-state index contributed by atoms with van der Waals surface area (Å²) in [4.78, 5) is 31.6. The van der Waals surface area contributed by atoms with E-state index < -0.39 is 41.4 Å². The third kappa shape index (κ3) is 2.06. The minimum atomic E-state index is -1.86. The zero-order valence-corrected chi connectivity index (χ0v) is 12.3. The number of nitrogen functional groups attached to an aromatic ring is 1. The van der Waals surface area contributed by atoms with Crippen molar-refractivity contribution in [2.24, 2.45) is 5.73 Å². The number of nitrogens with zero attached hydrogens (tertiary/aromatic N) is 3. The Labute approximate surface area is 134 Å². The largest absolute Gasteiger partial charge is 0.391 e. The Kier molecular flexibility index (Phi) is 3.72. The predicted octanol–water partition coefficient (Wildman–Crippen LogP) is -3.13. The molecule has 3 atom stereocenters. The van der Waals surface area contributed by atoms with Crippen LogP contribution in [-0.4, -0.2) is 61.2 Å². The van der Waals surface area contributed by atoms with Crippen molar-refractivity contribution >= 4 is 22.8 Å². The van der Waals surface area contributed by atoms with Gasteiger partial charge in [-0.25, -0.2) is 9.97 Å². The molecule has 128 valence electrons. The van der Waals surface area contributed by atoms with Crippen LogP contribution in [0.15, 0.2) is 17.3 Å². The second-order valence-electron chi connectivity index (χ2n) is 5.39. The van der Waals surface area contributed by atoms with Crippen LogP contribution < -0.4 is 16.9 Å². The summed E-state index contributed by atoms with van der Waals surface area (Å²) in [6.45, 7) is -1.05. The average Bonchev–Trinajstić information content (AvgIpc) is 2.84. The van der Waals surface area contributed by atoms with Gasteiger partial charge in [0.2, 0.25) is 5.43 Å². The summed E-state index contributed by atoms with van der Waals surface area (Å²) in [5.41, 5.74) is 7.75. The first-order valence-electron chi connectivity index (χ1n) is 6.90. The van der Waals surface area contributed by atoms with E-state index >= 15 is 0 Å². The Morgan fingerprint density at radius 3 is 2.71 bits per heavy atom. The van der Waals surface area contributed by atoms with Gasteiger partial charge in [0.25, 0.3) is 5.91 Å². The summed E-state index contributed by atoms with van der Waals surface area (Å²) in [5, 5.41) is 29.6. The molecule has 0 saturated carbocycles. The fourth-order valence-corrected chi connectivity index (χ4v) is 2.77. The van der Waals surface area contributed by atoms with E-state index in [1.807, 2.05) is 0 Å². The van der Waals surface area contributed by atoms with Crippen LogP contribution >= 0.6 is 0 Å². The Morgan fingerprint density at radius 1 is 1.46 bits per heavy atom. The van der Waals surface area contributed by atoms with E-state index in [0.717, 1.165) is 17.1 Å². The highest BCUT2D eigenvalue weighted by molar-refractivity contribution is 5.97. The van der Waals surface area contributed by atoms with Crippen molar-refractivity contribution < 1.29 is 24.9 Å². The molecular weight excluding hydrogens is 322 g/mol. The highest BCUT2D eigenvalue weighted by atomic mass is 16.6. The molecule has 0 aromatic carbocycles. The maximum atomic E-state index is 12.4. The van der Waals surface area contributed by atoms with Crippen molar-refractivity contribution in [1.82, 2.24) is 14.5 Å². The number of primary amides is 1. The van der Waals surface area contributed by atoms with Crippen LogP contribution in [0.1, 0.15) is 10.4 Å². The van der Waals surface area contributed by atoms with Crippen LogP contribution in [0.4, 0.5) is 5.82 Å². The molecular formula is C13H15N5O6. The molecule has 0 radical (unpaired) electrons. The Morgan fingerprint density at radius 2 is 2.17 bits per heavy atom. The molecule has 1 aliphatic heterocycles. The molecule has 1 aliphatic rings. The number of anilines is 1. The van der Waals surface area contributed by atoms with Gasteiger partial charge < -0.3 is 31.5 Å². The Hall–Kier alpha value is -2.60. The lowest BCUT2D eigenvalue weighted by Crippen LogP contribution is -2.49. The fraction of sp³-hybridized carbons (Fsp3) is 0.385. The van der Waals surface area contributed by atoms with Gasteiger partial charge in [0.1, 0.15) is 35.3 Å². The lowest BCUT2D eigenvalue weighted by molar-refractivity contribution is -0.149. The van der Waals surface area contributed by atoms with Crippen LogP contribution in [-0.2, 0) is 10.5 Å². The van der Waals surface area contributed by atoms with Gasteiger partial charge in [-0.3, -0.25) is 14.2 Å². The summed E-state index contributed by atoms with van der Waals surface area (Å²) < 4.78 is 6.45. The number of ether oxygens (including phenoxy) is 1. The predicted molar refractivity (Wildman–Crippen MR) is 79.8 cm³/mol. The summed E-state index contributed by atoms with van der Waals surface area (Å²) >= 11 is 0. The number of fused-ring (bicyclic) bond motifs is 1. The van der Waals surface area contributed by atoms with Gasteiger partial charge in [0.05, 0.1) is 13.2 Å². The van der Waals surface area contributed by atoms with Gasteiger partial charge >= 0.3 is 0 Å². The van der Waals surface area contributed by atoms with Gasteiger partial charge in [-0.05, 0) is 0 Å². The van der Waals surface area contributed by atoms with Crippen LogP contribution in [0.2, 0.25) is 0 Å². The van der Waals surface area contributed by atoms with E-state index in [2.05, 4.69) is 9.97 Å². The maximum Gasteiger partial charge on any atom is 0.254 e. The molecule has 2 aromatic heterocycles. The number of nitrogens with two attached hydrogens (primary N) is 2. The minimum absolute atomic E-state index is 0.0836. The normalized spacial score (nSPS) is 26.8. The first kappa shape index (κ1) is 16.3. The van der Waals surface area contributed by atoms with Gasteiger partial charge in [-0.1, -0.05) is 0 Å². The molecule has 11 nitrogen and oxygen atoms in total. The fourth-order valence-electron chi connectivity index (χ4n) is 2.77. The van der Waals surface area contributed by atoms with Crippen LogP contribution in [0.3, 0.4) is 0 Å². The number of aromatic nitrogens is 3. The van der Waals surface area contributed by atoms with E-state index in [1.54, 1.807) is 0 Å².